The Morgan fingerprint density at radius 1 is 1.19 bits per heavy atom. The summed E-state index contributed by atoms with van der Waals surface area (Å²) in [6.45, 7) is 2.07. The van der Waals surface area contributed by atoms with Crippen molar-refractivity contribution >= 4 is 43.5 Å². The minimum Gasteiger partial charge on any atom is -0.487 e. The van der Waals surface area contributed by atoms with E-state index in [-0.39, 0.29) is 29.6 Å². The Balaban J connectivity index is 2.32. The third-order valence-electron chi connectivity index (χ3n) is 3.28. The van der Waals surface area contributed by atoms with Crippen LogP contribution in [0.25, 0.3) is 0 Å². The Labute approximate surface area is 166 Å². The molecular formula is C17H15Br2NO6. The van der Waals surface area contributed by atoms with E-state index in [1.54, 1.807) is 25.1 Å². The van der Waals surface area contributed by atoms with Gasteiger partial charge in [0.25, 0.3) is 0 Å². The number of carbonyl (C=O) groups excluding carboxylic acids is 1. The van der Waals surface area contributed by atoms with Gasteiger partial charge < -0.3 is 14.2 Å². The zero-order chi connectivity index (χ0) is 19.3. The minimum atomic E-state index is -0.526. The fourth-order valence-electron chi connectivity index (χ4n) is 2.15. The number of benzene rings is 2. The molecule has 0 saturated heterocycles. The molecule has 138 valence electrons. The Morgan fingerprint density at radius 3 is 2.38 bits per heavy atom. The van der Waals surface area contributed by atoms with Crippen molar-refractivity contribution in [3.8, 4) is 17.2 Å². The fraction of sp³-hybridized carbons (Fsp3) is 0.235. The van der Waals surface area contributed by atoms with Crippen LogP contribution in [0.2, 0.25) is 0 Å². The molecule has 0 spiro atoms. The molecule has 2 rings (SSSR count). The second-order valence-corrected chi connectivity index (χ2v) is 6.77. The molecule has 0 unspecified atom stereocenters. The number of halogens is 2. The van der Waals surface area contributed by atoms with Gasteiger partial charge in [-0.3, -0.25) is 14.9 Å². The lowest BCUT2D eigenvalue weighted by molar-refractivity contribution is -0.385. The van der Waals surface area contributed by atoms with Crippen LogP contribution in [0.15, 0.2) is 39.3 Å². The molecule has 0 aliphatic carbocycles. The summed E-state index contributed by atoms with van der Waals surface area (Å²) in [5.74, 6) is 0.523. The summed E-state index contributed by atoms with van der Waals surface area (Å²) in [7, 11) is 1.32. The number of hydrogen-bond acceptors (Lipinski definition) is 6. The third-order valence-corrected chi connectivity index (χ3v) is 4.46. The predicted octanol–water partition coefficient (Wildman–Crippen LogP) is 5.03. The van der Waals surface area contributed by atoms with E-state index in [1.807, 2.05) is 0 Å². The van der Waals surface area contributed by atoms with Gasteiger partial charge in [0.1, 0.15) is 5.75 Å². The summed E-state index contributed by atoms with van der Waals surface area (Å²) in [6, 6.07) is 7.82. The number of nitro benzene ring substituents is 1. The number of nitro groups is 1. The second-order valence-electron chi connectivity index (χ2n) is 5.06. The van der Waals surface area contributed by atoms with Gasteiger partial charge >= 0.3 is 11.7 Å². The fourth-order valence-corrected chi connectivity index (χ4v) is 3.59. The quantitative estimate of drug-likeness (QED) is 0.308. The first-order valence-electron chi connectivity index (χ1n) is 7.49. The number of carbonyl (C=O) groups is 1. The van der Waals surface area contributed by atoms with Crippen LogP contribution in [0.5, 0.6) is 17.2 Å². The van der Waals surface area contributed by atoms with Crippen molar-refractivity contribution in [1.29, 1.82) is 0 Å². The highest BCUT2D eigenvalue weighted by molar-refractivity contribution is 9.11. The van der Waals surface area contributed by atoms with E-state index in [9.17, 15) is 14.9 Å². The molecule has 0 heterocycles. The molecule has 0 atom stereocenters. The average Bonchev–Trinajstić information content (AvgIpc) is 2.59. The highest BCUT2D eigenvalue weighted by Crippen LogP contribution is 2.40. The molecule has 2 aromatic carbocycles. The molecular weight excluding hydrogens is 474 g/mol. The van der Waals surface area contributed by atoms with Gasteiger partial charge in [-0.05, 0) is 68.6 Å². The zero-order valence-electron chi connectivity index (χ0n) is 14.0. The third kappa shape index (κ3) is 4.95. The van der Waals surface area contributed by atoms with Crippen molar-refractivity contribution in [2.24, 2.45) is 0 Å². The molecule has 7 nitrogen and oxygen atoms in total. The molecule has 0 fully saturated rings. The van der Waals surface area contributed by atoms with Gasteiger partial charge in [0.05, 0.1) is 40.1 Å². The van der Waals surface area contributed by atoms with Crippen molar-refractivity contribution in [3.05, 3.63) is 55.0 Å². The Hall–Kier alpha value is -2.13. The number of methoxy groups -OCH3 is 1. The maximum atomic E-state index is 11.4. The smallest absolute Gasteiger partial charge is 0.314 e. The van der Waals surface area contributed by atoms with E-state index in [2.05, 4.69) is 36.6 Å². The van der Waals surface area contributed by atoms with Crippen LogP contribution < -0.4 is 9.47 Å². The minimum absolute atomic E-state index is 0.114. The summed E-state index contributed by atoms with van der Waals surface area (Å²) < 4.78 is 16.9. The van der Waals surface area contributed by atoms with Crippen LogP contribution in [-0.2, 0) is 16.0 Å². The first-order chi connectivity index (χ1) is 12.3. The summed E-state index contributed by atoms with van der Waals surface area (Å²) >= 11 is 6.78. The lowest BCUT2D eigenvalue weighted by atomic mass is 10.1. The zero-order valence-corrected chi connectivity index (χ0v) is 17.1. The molecule has 0 amide bonds. The van der Waals surface area contributed by atoms with Crippen LogP contribution in [0.3, 0.4) is 0 Å². The van der Waals surface area contributed by atoms with Crippen molar-refractivity contribution in [1.82, 2.24) is 0 Å². The van der Waals surface area contributed by atoms with Crippen LogP contribution >= 0.6 is 31.9 Å². The second kappa shape index (κ2) is 9.00. The Bertz CT molecular complexity index is 817. The predicted molar refractivity (Wildman–Crippen MR) is 102 cm³/mol. The molecule has 26 heavy (non-hydrogen) atoms. The van der Waals surface area contributed by atoms with Gasteiger partial charge in [-0.2, -0.15) is 0 Å². The van der Waals surface area contributed by atoms with Crippen LogP contribution in [0.4, 0.5) is 5.69 Å². The topological polar surface area (TPSA) is 87.9 Å². The summed E-state index contributed by atoms with van der Waals surface area (Å²) in [5, 5.41) is 11.2. The lowest BCUT2D eigenvalue weighted by Crippen LogP contribution is -2.04. The Kier molecular flexibility index (Phi) is 6.98. The average molecular weight is 489 g/mol. The molecule has 0 radical (unpaired) electrons. The maximum Gasteiger partial charge on any atom is 0.314 e. The first-order valence-corrected chi connectivity index (χ1v) is 9.08. The van der Waals surface area contributed by atoms with E-state index in [0.717, 1.165) is 5.56 Å². The molecule has 0 aliphatic heterocycles. The molecule has 0 aliphatic rings. The van der Waals surface area contributed by atoms with Crippen molar-refractivity contribution in [2.45, 2.75) is 13.3 Å². The highest BCUT2D eigenvalue weighted by Gasteiger charge is 2.18. The highest BCUT2D eigenvalue weighted by atomic mass is 79.9. The van der Waals surface area contributed by atoms with E-state index in [0.29, 0.717) is 21.3 Å². The van der Waals surface area contributed by atoms with E-state index in [4.69, 9.17) is 9.47 Å². The van der Waals surface area contributed by atoms with E-state index >= 15 is 0 Å². The normalized spacial score (nSPS) is 10.3. The first kappa shape index (κ1) is 20.2. The van der Waals surface area contributed by atoms with Gasteiger partial charge in [0.2, 0.25) is 0 Å². The molecule has 0 bridgehead atoms. The SMILES string of the molecule is CCOc1ccc(Oc2c(Br)cc(CC(=O)OC)cc2Br)cc1[N+](=O)[O-]. The van der Waals surface area contributed by atoms with E-state index < -0.39 is 4.92 Å². The van der Waals surface area contributed by atoms with Gasteiger partial charge in [-0.1, -0.05) is 0 Å². The summed E-state index contributed by atoms with van der Waals surface area (Å²) in [5.41, 5.74) is 0.541. The number of rotatable bonds is 7. The van der Waals surface area contributed by atoms with Gasteiger partial charge in [0.15, 0.2) is 11.5 Å². The van der Waals surface area contributed by atoms with Crippen LogP contribution in [0.1, 0.15) is 12.5 Å². The monoisotopic (exact) mass is 487 g/mol. The van der Waals surface area contributed by atoms with Crippen molar-refractivity contribution in [3.63, 3.8) is 0 Å². The summed E-state index contributed by atoms with van der Waals surface area (Å²) in [4.78, 5) is 22.1. The molecule has 0 N–H and O–H groups in total. The van der Waals surface area contributed by atoms with Gasteiger partial charge in [0, 0.05) is 0 Å². The Morgan fingerprint density at radius 2 is 1.85 bits per heavy atom. The summed E-state index contributed by atoms with van der Waals surface area (Å²) in [6.07, 6.45) is 0.114. The van der Waals surface area contributed by atoms with Crippen molar-refractivity contribution < 1.29 is 23.9 Å². The standard InChI is InChI=1S/C17H15Br2NO6/c1-3-25-15-5-4-11(9-14(15)20(22)23)26-17-12(18)6-10(7-13(17)19)8-16(21)24-2/h4-7,9H,3,8H2,1-2H3. The molecule has 0 saturated carbocycles. The molecule has 0 aromatic heterocycles. The lowest BCUT2D eigenvalue weighted by Gasteiger charge is -2.12. The largest absolute Gasteiger partial charge is 0.487 e. The van der Waals surface area contributed by atoms with E-state index in [1.165, 1.54) is 19.2 Å². The number of esters is 1. The number of ether oxygens (including phenoxy) is 3. The molecule has 9 heteroatoms. The number of hydrogen-bond donors (Lipinski definition) is 0. The molecule has 2 aromatic rings. The van der Waals surface area contributed by atoms with Gasteiger partial charge in [-0.15, -0.1) is 0 Å². The maximum absolute atomic E-state index is 11.4. The van der Waals surface area contributed by atoms with Crippen molar-refractivity contribution in [2.75, 3.05) is 13.7 Å². The van der Waals surface area contributed by atoms with Crippen LogP contribution in [-0.4, -0.2) is 24.6 Å². The van der Waals surface area contributed by atoms with Crippen LogP contribution in [0, 0.1) is 10.1 Å². The van der Waals surface area contributed by atoms with Gasteiger partial charge in [-0.25, -0.2) is 0 Å². The number of nitrogens with zero attached hydrogens (tertiary/aromatic N) is 1.